The van der Waals surface area contributed by atoms with Crippen molar-refractivity contribution in [1.82, 2.24) is 0 Å². The van der Waals surface area contributed by atoms with Gasteiger partial charge in [-0.1, -0.05) is 0 Å². The van der Waals surface area contributed by atoms with Crippen LogP contribution in [0, 0.1) is 0 Å². The topological polar surface area (TPSA) is 55.5 Å². The van der Waals surface area contributed by atoms with Crippen molar-refractivity contribution in [3.63, 3.8) is 0 Å². The molecule has 0 aliphatic rings. The Morgan fingerprint density at radius 1 is 1.42 bits per heavy atom. The molecule has 2 N–H and O–H groups in total. The summed E-state index contributed by atoms with van der Waals surface area (Å²) in [6.07, 6.45) is 1.64. The van der Waals surface area contributed by atoms with Gasteiger partial charge in [-0.25, -0.2) is 0 Å². The van der Waals surface area contributed by atoms with Crippen LogP contribution in [0.15, 0.2) is 4.99 Å². The van der Waals surface area contributed by atoms with Gasteiger partial charge < -0.3 is 5.73 Å². The quantitative estimate of drug-likeness (QED) is 0.497. The zero-order valence-electron chi connectivity index (χ0n) is 8.13. The number of carbonyl (C=O) groups is 1. The van der Waals surface area contributed by atoms with Crippen LogP contribution in [0.3, 0.4) is 0 Å². The lowest BCUT2D eigenvalue weighted by Crippen LogP contribution is -2.28. The van der Waals surface area contributed by atoms with Crippen molar-refractivity contribution in [1.29, 1.82) is 0 Å². The van der Waals surface area contributed by atoms with E-state index >= 15 is 0 Å². The Bertz CT molecular complexity index is 171. The number of nitrogens with two attached hydrogens (primary N) is 1. The monoisotopic (exact) mass is 170 g/mol. The third-order valence-corrected chi connectivity index (χ3v) is 1.62. The molecule has 0 bridgehead atoms. The number of carbonyl (C=O) groups excluding carboxylic acids is 1. The minimum absolute atomic E-state index is 0.0622. The number of hydrogen-bond acceptors (Lipinski definition) is 3. The van der Waals surface area contributed by atoms with E-state index in [0.29, 0.717) is 0 Å². The number of nitrogens with zero attached hydrogens (tertiary/aromatic N) is 1. The van der Waals surface area contributed by atoms with Crippen LogP contribution < -0.4 is 5.73 Å². The average Bonchev–Trinajstić information content (AvgIpc) is 1.97. The number of aliphatic imine (C=N–C) groups is 1. The minimum Gasteiger partial charge on any atom is -0.322 e. The fourth-order valence-corrected chi connectivity index (χ4v) is 0.817. The van der Waals surface area contributed by atoms with Gasteiger partial charge in [0.25, 0.3) is 0 Å². The first-order valence-corrected chi connectivity index (χ1v) is 4.27. The molecule has 0 radical (unpaired) electrons. The summed E-state index contributed by atoms with van der Waals surface area (Å²) < 4.78 is 0. The molecule has 1 atom stereocenters. The highest BCUT2D eigenvalue weighted by atomic mass is 16.1. The van der Waals surface area contributed by atoms with Crippen LogP contribution in [0.4, 0.5) is 0 Å². The highest BCUT2D eigenvalue weighted by Crippen LogP contribution is 1.96. The van der Waals surface area contributed by atoms with Crippen LogP contribution in [0.25, 0.3) is 0 Å². The van der Waals surface area contributed by atoms with Crippen molar-refractivity contribution in [2.45, 2.75) is 39.7 Å². The maximum Gasteiger partial charge on any atom is 0.146 e. The molecule has 0 aliphatic carbocycles. The van der Waals surface area contributed by atoms with Gasteiger partial charge in [-0.3, -0.25) is 9.79 Å². The van der Waals surface area contributed by atoms with Crippen LogP contribution in [0.5, 0.6) is 0 Å². The van der Waals surface area contributed by atoms with Gasteiger partial charge >= 0.3 is 0 Å². The molecule has 0 aromatic rings. The van der Waals surface area contributed by atoms with Crippen LogP contribution in [0.2, 0.25) is 0 Å². The van der Waals surface area contributed by atoms with Gasteiger partial charge in [0.15, 0.2) is 0 Å². The third-order valence-electron chi connectivity index (χ3n) is 1.62. The first-order chi connectivity index (χ1) is 5.54. The van der Waals surface area contributed by atoms with Crippen LogP contribution >= 0.6 is 0 Å². The zero-order chi connectivity index (χ0) is 9.56. The van der Waals surface area contributed by atoms with Crippen LogP contribution in [-0.2, 0) is 4.79 Å². The molecular weight excluding hydrogens is 152 g/mol. The van der Waals surface area contributed by atoms with E-state index in [1.54, 1.807) is 0 Å². The van der Waals surface area contributed by atoms with E-state index < -0.39 is 0 Å². The van der Waals surface area contributed by atoms with Gasteiger partial charge in [-0.05, 0) is 33.6 Å². The SMILES string of the molecule is CC(=O)C(N)CCCN=C(C)C. The summed E-state index contributed by atoms with van der Waals surface area (Å²) in [5.41, 5.74) is 6.61. The van der Waals surface area contributed by atoms with E-state index in [1.165, 1.54) is 6.92 Å². The Kier molecular flexibility index (Phi) is 5.54. The van der Waals surface area contributed by atoms with Crippen molar-refractivity contribution < 1.29 is 4.79 Å². The first kappa shape index (κ1) is 11.3. The van der Waals surface area contributed by atoms with E-state index in [0.717, 1.165) is 25.1 Å². The molecule has 0 fully saturated rings. The molecule has 1 unspecified atom stereocenters. The number of ketones is 1. The molecule has 0 saturated heterocycles. The molecular formula is C9H18N2O. The fourth-order valence-electron chi connectivity index (χ4n) is 0.817. The van der Waals surface area contributed by atoms with Crippen molar-refractivity contribution >= 4 is 11.5 Å². The lowest BCUT2D eigenvalue weighted by Gasteiger charge is -2.04. The molecule has 0 aromatic carbocycles. The van der Waals surface area contributed by atoms with Gasteiger partial charge in [0, 0.05) is 12.3 Å². The highest BCUT2D eigenvalue weighted by Gasteiger charge is 2.05. The van der Waals surface area contributed by atoms with Crippen molar-refractivity contribution in [3.8, 4) is 0 Å². The summed E-state index contributed by atoms with van der Waals surface area (Å²) in [6, 6.07) is -0.294. The molecule has 0 heterocycles. The Balaban J connectivity index is 3.44. The van der Waals surface area contributed by atoms with E-state index in [-0.39, 0.29) is 11.8 Å². The first-order valence-electron chi connectivity index (χ1n) is 4.27. The lowest BCUT2D eigenvalue weighted by molar-refractivity contribution is -0.118. The third kappa shape index (κ3) is 6.04. The maximum atomic E-state index is 10.7. The highest BCUT2D eigenvalue weighted by molar-refractivity contribution is 5.81. The van der Waals surface area contributed by atoms with Gasteiger partial charge in [-0.15, -0.1) is 0 Å². The molecule has 0 saturated carbocycles. The van der Waals surface area contributed by atoms with Crippen LogP contribution in [-0.4, -0.2) is 24.1 Å². The number of hydrogen-bond donors (Lipinski definition) is 1. The normalized spacial score (nSPS) is 12.3. The molecule has 0 spiro atoms. The smallest absolute Gasteiger partial charge is 0.146 e. The molecule has 0 amide bonds. The van der Waals surface area contributed by atoms with Crippen molar-refractivity contribution in [2.75, 3.05) is 6.54 Å². The number of rotatable bonds is 5. The van der Waals surface area contributed by atoms with Crippen molar-refractivity contribution in [3.05, 3.63) is 0 Å². The summed E-state index contributed by atoms with van der Waals surface area (Å²) in [4.78, 5) is 14.9. The van der Waals surface area contributed by atoms with E-state index in [4.69, 9.17) is 5.73 Å². The molecule has 12 heavy (non-hydrogen) atoms. The summed E-state index contributed by atoms with van der Waals surface area (Å²) in [5.74, 6) is 0.0622. The predicted octanol–water partition coefficient (Wildman–Crippen LogP) is 1.16. The van der Waals surface area contributed by atoms with E-state index in [9.17, 15) is 4.79 Å². The summed E-state index contributed by atoms with van der Waals surface area (Å²) in [6.45, 7) is 6.23. The molecule has 0 aromatic heterocycles. The summed E-state index contributed by atoms with van der Waals surface area (Å²) in [5, 5.41) is 0. The van der Waals surface area contributed by atoms with Crippen molar-refractivity contribution in [2.24, 2.45) is 10.7 Å². The second-order valence-electron chi connectivity index (χ2n) is 3.19. The zero-order valence-corrected chi connectivity index (χ0v) is 8.13. The minimum atomic E-state index is -0.294. The van der Waals surface area contributed by atoms with Gasteiger partial charge in [0.2, 0.25) is 0 Å². The molecule has 3 nitrogen and oxygen atoms in total. The Labute approximate surface area is 74.1 Å². The Hall–Kier alpha value is -0.700. The van der Waals surface area contributed by atoms with E-state index in [2.05, 4.69) is 4.99 Å². The summed E-state index contributed by atoms with van der Waals surface area (Å²) >= 11 is 0. The largest absolute Gasteiger partial charge is 0.322 e. The Morgan fingerprint density at radius 3 is 2.42 bits per heavy atom. The maximum absolute atomic E-state index is 10.7. The van der Waals surface area contributed by atoms with Crippen LogP contribution in [0.1, 0.15) is 33.6 Å². The van der Waals surface area contributed by atoms with E-state index in [1.807, 2.05) is 13.8 Å². The van der Waals surface area contributed by atoms with Gasteiger partial charge in [0.05, 0.1) is 6.04 Å². The molecule has 3 heteroatoms. The average molecular weight is 170 g/mol. The second-order valence-corrected chi connectivity index (χ2v) is 3.19. The van der Waals surface area contributed by atoms with Gasteiger partial charge in [-0.2, -0.15) is 0 Å². The Morgan fingerprint density at radius 2 is 2.00 bits per heavy atom. The van der Waals surface area contributed by atoms with Gasteiger partial charge in [0.1, 0.15) is 5.78 Å². The molecule has 0 rings (SSSR count). The lowest BCUT2D eigenvalue weighted by atomic mass is 10.1. The summed E-state index contributed by atoms with van der Waals surface area (Å²) in [7, 11) is 0. The number of Topliss-reactive ketones (excluding diaryl/α,β-unsaturated/α-hetero) is 1. The predicted molar refractivity (Wildman–Crippen MR) is 51.5 cm³/mol. The molecule has 70 valence electrons. The fraction of sp³-hybridized carbons (Fsp3) is 0.778. The second kappa shape index (κ2) is 5.89. The molecule has 0 aliphatic heterocycles. The standard InChI is InChI=1S/C9H18N2O/c1-7(2)11-6-4-5-9(10)8(3)12/h9H,4-6,10H2,1-3H3.